The first-order valence-electron chi connectivity index (χ1n) is 15.9. The van der Waals surface area contributed by atoms with Crippen LogP contribution in [0.15, 0.2) is 78.9 Å². The Bertz CT molecular complexity index is 1120. The Labute approximate surface area is 251 Å². The van der Waals surface area contributed by atoms with Gasteiger partial charge in [0.1, 0.15) is 12.4 Å². The Morgan fingerprint density at radius 3 is 1.61 bits per heavy atom. The van der Waals surface area contributed by atoms with Crippen LogP contribution in [-0.2, 0) is 6.61 Å². The van der Waals surface area contributed by atoms with Gasteiger partial charge in [-0.05, 0) is 110 Å². The first-order chi connectivity index (χ1) is 19.6. The van der Waals surface area contributed by atoms with Crippen LogP contribution in [0.3, 0.4) is 0 Å². The zero-order chi connectivity index (χ0) is 29.9. The monoisotopic (exact) mass is 556 g/mol. The molecule has 3 nitrogen and oxygen atoms in total. The van der Waals surface area contributed by atoms with E-state index in [-0.39, 0.29) is 5.92 Å². The molecule has 0 aliphatic rings. The van der Waals surface area contributed by atoms with E-state index in [2.05, 4.69) is 151 Å². The van der Waals surface area contributed by atoms with E-state index in [0.29, 0.717) is 36.7 Å². The Balaban J connectivity index is 1.98. The summed E-state index contributed by atoms with van der Waals surface area (Å²) in [6, 6.07) is 30.7. The molecule has 0 aliphatic heterocycles. The largest absolute Gasteiger partial charge is 0.489 e. The number of rotatable bonds is 16. The second-order valence-electron chi connectivity index (χ2n) is 12.9. The van der Waals surface area contributed by atoms with E-state index in [0.717, 1.165) is 31.7 Å². The number of benzene rings is 3. The molecule has 0 amide bonds. The molecule has 224 valence electrons. The summed E-state index contributed by atoms with van der Waals surface area (Å²) in [5, 5.41) is 0. The third-order valence-electron chi connectivity index (χ3n) is 8.57. The fourth-order valence-corrected chi connectivity index (χ4v) is 6.21. The van der Waals surface area contributed by atoms with E-state index < -0.39 is 0 Å². The second kappa shape index (κ2) is 16.1. The molecule has 3 aromatic carbocycles. The lowest BCUT2D eigenvalue weighted by atomic mass is 9.84. The maximum absolute atomic E-state index is 6.60. The first-order valence-corrected chi connectivity index (χ1v) is 15.9. The van der Waals surface area contributed by atoms with Gasteiger partial charge in [-0.15, -0.1) is 0 Å². The van der Waals surface area contributed by atoms with Crippen LogP contribution in [-0.4, -0.2) is 47.1 Å². The SMILES string of the molecule is CC(CCN(C(C)C)C(C)C)c1ccc(OCc2ccccc2)c(C(CCN(C(C)C)C(C)C)c2ccccc2)c1. The van der Waals surface area contributed by atoms with Gasteiger partial charge in [0.05, 0.1) is 0 Å². The quantitative estimate of drug-likeness (QED) is 0.175. The van der Waals surface area contributed by atoms with Crippen molar-refractivity contribution in [1.82, 2.24) is 9.80 Å². The van der Waals surface area contributed by atoms with Crippen LogP contribution in [0.25, 0.3) is 0 Å². The van der Waals surface area contributed by atoms with Gasteiger partial charge in [-0.25, -0.2) is 0 Å². The Hall–Kier alpha value is -2.62. The fourth-order valence-electron chi connectivity index (χ4n) is 6.21. The highest BCUT2D eigenvalue weighted by Crippen LogP contribution is 2.38. The number of nitrogens with zero attached hydrogens (tertiary/aromatic N) is 2. The number of ether oxygens (including phenoxy) is 1. The van der Waals surface area contributed by atoms with Gasteiger partial charge >= 0.3 is 0 Å². The minimum absolute atomic E-state index is 0.261. The van der Waals surface area contributed by atoms with Crippen LogP contribution in [0.5, 0.6) is 5.75 Å². The smallest absolute Gasteiger partial charge is 0.123 e. The number of hydrogen-bond acceptors (Lipinski definition) is 3. The highest BCUT2D eigenvalue weighted by molar-refractivity contribution is 5.45. The van der Waals surface area contributed by atoms with Crippen LogP contribution in [0, 0.1) is 0 Å². The summed E-state index contributed by atoms with van der Waals surface area (Å²) < 4.78 is 6.60. The Kier molecular flexibility index (Phi) is 12.9. The van der Waals surface area contributed by atoms with Crippen LogP contribution in [0.4, 0.5) is 0 Å². The summed E-state index contributed by atoms with van der Waals surface area (Å²) in [7, 11) is 0. The summed E-state index contributed by atoms with van der Waals surface area (Å²) in [4.78, 5) is 5.22. The molecule has 0 saturated carbocycles. The molecular weight excluding hydrogens is 500 g/mol. The van der Waals surface area contributed by atoms with Crippen molar-refractivity contribution in [3.63, 3.8) is 0 Å². The molecule has 3 rings (SSSR count). The molecule has 3 aromatic rings. The van der Waals surface area contributed by atoms with E-state index >= 15 is 0 Å². The van der Waals surface area contributed by atoms with E-state index in [1.165, 1.54) is 22.3 Å². The van der Waals surface area contributed by atoms with Crippen molar-refractivity contribution in [3.8, 4) is 5.75 Å². The average molecular weight is 557 g/mol. The van der Waals surface area contributed by atoms with Gasteiger partial charge in [0.2, 0.25) is 0 Å². The minimum atomic E-state index is 0.261. The normalized spacial score (nSPS) is 13.6. The molecule has 0 heterocycles. The van der Waals surface area contributed by atoms with Crippen molar-refractivity contribution >= 4 is 0 Å². The van der Waals surface area contributed by atoms with Crippen molar-refractivity contribution < 1.29 is 4.74 Å². The molecule has 0 N–H and O–H groups in total. The molecule has 2 unspecified atom stereocenters. The molecule has 0 aromatic heterocycles. The van der Waals surface area contributed by atoms with Crippen molar-refractivity contribution in [1.29, 1.82) is 0 Å². The number of hydrogen-bond donors (Lipinski definition) is 0. The highest BCUT2D eigenvalue weighted by Gasteiger charge is 2.24. The molecule has 3 heteroatoms. The standard InChI is InChI=1S/C38H56N2O/c1-28(2)39(29(3)4)24-22-32(9)35-20-21-38(41-27-33-16-12-10-13-17-33)37(26-35)36(34-18-14-11-15-19-34)23-25-40(30(5)6)31(7)8/h10-21,26,28-32,36H,22-25,27H2,1-9H3. The lowest BCUT2D eigenvalue weighted by Gasteiger charge is -2.33. The lowest BCUT2D eigenvalue weighted by Crippen LogP contribution is -2.38. The molecule has 0 radical (unpaired) electrons. The zero-order valence-electron chi connectivity index (χ0n) is 27.3. The van der Waals surface area contributed by atoms with Gasteiger partial charge in [-0.1, -0.05) is 79.7 Å². The summed E-state index contributed by atoms with van der Waals surface area (Å²) in [6.07, 6.45) is 2.19. The second-order valence-corrected chi connectivity index (χ2v) is 12.9. The third-order valence-corrected chi connectivity index (χ3v) is 8.57. The van der Waals surface area contributed by atoms with Crippen LogP contribution in [0.1, 0.15) is 109 Å². The van der Waals surface area contributed by atoms with Gasteiger partial charge in [0.15, 0.2) is 0 Å². The van der Waals surface area contributed by atoms with Crippen molar-refractivity contribution in [3.05, 3.63) is 101 Å². The van der Waals surface area contributed by atoms with Crippen LogP contribution in [0.2, 0.25) is 0 Å². The van der Waals surface area contributed by atoms with E-state index in [4.69, 9.17) is 4.74 Å². The third kappa shape index (κ3) is 9.72. The van der Waals surface area contributed by atoms with Crippen LogP contribution >= 0.6 is 0 Å². The zero-order valence-corrected chi connectivity index (χ0v) is 27.3. The molecule has 0 spiro atoms. The maximum Gasteiger partial charge on any atom is 0.123 e. The molecular formula is C38H56N2O. The van der Waals surface area contributed by atoms with Crippen molar-refractivity contribution in [2.75, 3.05) is 13.1 Å². The minimum Gasteiger partial charge on any atom is -0.489 e. The van der Waals surface area contributed by atoms with Crippen molar-refractivity contribution in [2.24, 2.45) is 0 Å². The molecule has 2 atom stereocenters. The van der Waals surface area contributed by atoms with Gasteiger partial charge in [-0.3, -0.25) is 9.80 Å². The molecule has 0 saturated heterocycles. The highest BCUT2D eigenvalue weighted by atomic mass is 16.5. The summed E-state index contributed by atoms with van der Waals surface area (Å²) >= 11 is 0. The molecule has 0 fully saturated rings. The van der Waals surface area contributed by atoms with E-state index in [1.807, 2.05) is 0 Å². The van der Waals surface area contributed by atoms with Gasteiger partial charge < -0.3 is 4.74 Å². The van der Waals surface area contributed by atoms with Crippen LogP contribution < -0.4 is 4.74 Å². The predicted molar refractivity (Wildman–Crippen MR) is 177 cm³/mol. The van der Waals surface area contributed by atoms with E-state index in [1.54, 1.807) is 0 Å². The first kappa shape index (κ1) is 32.9. The topological polar surface area (TPSA) is 15.7 Å². The molecule has 0 aliphatic carbocycles. The molecule has 0 bridgehead atoms. The summed E-state index contributed by atoms with van der Waals surface area (Å²) in [6.45, 7) is 23.6. The lowest BCUT2D eigenvalue weighted by molar-refractivity contribution is 0.169. The Morgan fingerprint density at radius 1 is 0.561 bits per heavy atom. The summed E-state index contributed by atoms with van der Waals surface area (Å²) in [5.41, 5.74) is 5.28. The summed E-state index contributed by atoms with van der Waals surface area (Å²) in [5.74, 6) is 1.73. The predicted octanol–water partition coefficient (Wildman–Crippen LogP) is 9.52. The van der Waals surface area contributed by atoms with Gasteiger partial charge in [0, 0.05) is 35.6 Å². The molecule has 41 heavy (non-hydrogen) atoms. The van der Waals surface area contributed by atoms with Gasteiger partial charge in [-0.2, -0.15) is 0 Å². The average Bonchev–Trinajstić information content (AvgIpc) is 2.94. The Morgan fingerprint density at radius 2 is 1.07 bits per heavy atom. The van der Waals surface area contributed by atoms with Crippen molar-refractivity contribution in [2.45, 2.75) is 118 Å². The fraction of sp³-hybridized carbons (Fsp3) is 0.526. The maximum atomic E-state index is 6.60. The van der Waals surface area contributed by atoms with Gasteiger partial charge in [0.25, 0.3) is 0 Å². The van der Waals surface area contributed by atoms with E-state index in [9.17, 15) is 0 Å².